The lowest BCUT2D eigenvalue weighted by Gasteiger charge is -2.51. The Kier molecular flexibility index (Phi) is 49.2. The van der Waals surface area contributed by atoms with Gasteiger partial charge in [-0.05, 0) is 87.3 Å². The highest BCUT2D eigenvalue weighted by Gasteiger charge is 2.63. The number of likely N-dealkylation sites (tertiary alicyclic amines) is 1. The number of aryl methyl sites for hydroxylation is 1. The quantitative estimate of drug-likeness (QED) is 0.0168. The van der Waals surface area contributed by atoms with Gasteiger partial charge in [0.15, 0.2) is 55.9 Å². The molecule has 69 heteroatoms. The van der Waals surface area contributed by atoms with Crippen LogP contribution in [0.3, 0.4) is 0 Å². The number of hydrogen-bond acceptors (Lipinski definition) is 49. The summed E-state index contributed by atoms with van der Waals surface area (Å²) in [5, 5.41) is 38.0. The molecule has 6 aliphatic heterocycles. The summed E-state index contributed by atoms with van der Waals surface area (Å²) >= 11 is 0. The number of nitrogens with one attached hydrogen (secondary N) is 5. The molecular formula is C80H126N6O56S7. The summed E-state index contributed by atoms with van der Waals surface area (Å²) in [6.07, 6.45) is -54.6. The molecule has 6 aliphatic rings. The maximum absolute atomic E-state index is 14.5. The molecule has 27 unspecified atom stereocenters. The normalized spacial score (nSPS) is 29.0. The Bertz CT molecular complexity index is 5590. The second kappa shape index (κ2) is 57.6. The van der Waals surface area contributed by atoms with Crippen molar-refractivity contribution in [1.29, 1.82) is 5.41 Å². The Morgan fingerprint density at radius 2 is 0.832 bits per heavy atom. The lowest BCUT2D eigenvalue weighted by Crippen LogP contribution is -2.70. The van der Waals surface area contributed by atoms with Crippen molar-refractivity contribution in [3.63, 3.8) is 0 Å². The largest absolute Gasteiger partial charge is 0.496 e. The summed E-state index contributed by atoms with van der Waals surface area (Å²) in [7, 11) is -30.3. The number of methoxy groups -OCH3 is 9. The van der Waals surface area contributed by atoms with E-state index in [0.29, 0.717) is 52.4 Å². The molecule has 0 aliphatic carbocycles. The van der Waals surface area contributed by atoms with Crippen LogP contribution in [0.5, 0.6) is 5.75 Å². The van der Waals surface area contributed by atoms with Crippen molar-refractivity contribution < 1.29 is 255 Å². The van der Waals surface area contributed by atoms with Crippen molar-refractivity contribution in [3.05, 3.63) is 58.1 Å². The van der Waals surface area contributed by atoms with Gasteiger partial charge in [0, 0.05) is 102 Å². The van der Waals surface area contributed by atoms with Crippen molar-refractivity contribution in [2.75, 3.05) is 156 Å². The first-order chi connectivity index (χ1) is 69.9. The molecule has 6 heterocycles. The molecule has 0 aromatic heterocycles. The standard InChI is InChI=1S/C80H126N6O56S7/c1-40-34-48(115-5)41(2)42(3)71(40)143(95,96)85-46(72(89)84-47(73(90)86-25-15-14-16-26-86)35-44-19-21-45(22-20-44)43(4)81)36-53(88)82-23-17-18-52(87)83-24-27-124-28-29-125-30-31-126-32-33-127-54-49(37-128-144(97,98)99)132-77(66(120-10)57(54)116-6)136-61-59(118-8)68(122-12)79(139-64(61)74(91)92)135-56-51(39-130-146(103,104)105)133-80(70(142-149(112,113)114)63(56)140-147(106,107)108)137-62-60(119-9)67(121-11)78(138-65(62)75(93)94)134-55-50(38-129-145(100,101)102)131-76(123-13)69(58(55)117-7)141-148(109,110)111/h19-22,34,46-47,49-51,54-70,76-81,85H,14-18,23-33,35-39H2,1-13H3,(H,82,88)(H,83,87)(H,84,89)(H,91,92)(H,93,94)(H,97,98,99)(H,100,101,102)(H,103,104,105)(H,106,107,108)(H,109,110,111)(H,112,113,114). The van der Waals surface area contributed by atoms with E-state index < -0.39 is 300 Å². The Morgan fingerprint density at radius 3 is 1.27 bits per heavy atom. The van der Waals surface area contributed by atoms with Gasteiger partial charge in [-0.2, -0.15) is 55.2 Å². The number of sulfonamides is 1. The van der Waals surface area contributed by atoms with Crippen molar-refractivity contribution >= 4 is 114 Å². The summed E-state index contributed by atoms with van der Waals surface area (Å²) in [6.45, 7) is 2.51. The number of rotatable bonds is 62. The van der Waals surface area contributed by atoms with E-state index >= 15 is 0 Å². The Labute approximate surface area is 857 Å². The van der Waals surface area contributed by atoms with Gasteiger partial charge in [-0.25, -0.2) is 43.1 Å². The first kappa shape index (κ1) is 127. The molecule has 2 aromatic carbocycles. The van der Waals surface area contributed by atoms with Gasteiger partial charge >= 0.3 is 74.3 Å². The zero-order chi connectivity index (χ0) is 111. The molecule has 0 radical (unpaired) electrons. The van der Waals surface area contributed by atoms with Crippen molar-refractivity contribution in [2.24, 2.45) is 0 Å². The second-order valence-corrected chi connectivity index (χ2v) is 41.7. The molecule has 0 saturated carbocycles. The smallest absolute Gasteiger partial charge is 0.397 e. The van der Waals surface area contributed by atoms with Gasteiger partial charge in [-0.3, -0.25) is 46.5 Å². The fraction of sp³-hybridized carbons (Fsp3) is 0.762. The lowest BCUT2D eigenvalue weighted by molar-refractivity contribution is -0.389. The molecule has 6 fully saturated rings. The zero-order valence-corrected chi connectivity index (χ0v) is 88.0. The van der Waals surface area contributed by atoms with Crippen molar-refractivity contribution in [1.82, 2.24) is 25.6 Å². The van der Waals surface area contributed by atoms with Gasteiger partial charge in [0.1, 0.15) is 115 Å². The average Bonchev–Trinajstić information content (AvgIpc) is 0.743. The fourth-order valence-corrected chi connectivity index (χ4v) is 21.1. The highest BCUT2D eigenvalue weighted by atomic mass is 32.3. The van der Waals surface area contributed by atoms with Crippen molar-refractivity contribution in [2.45, 2.75) is 243 Å². The molecule has 8 rings (SSSR count). The van der Waals surface area contributed by atoms with Gasteiger partial charge in [0.25, 0.3) is 0 Å². The Hall–Kier alpha value is -6.98. The monoisotopic (exact) mass is 2290 g/mol. The molecule has 13 N–H and O–H groups in total. The number of carbonyl (C=O) groups is 6. The summed E-state index contributed by atoms with van der Waals surface area (Å²) in [5.74, 6) is -6.30. The van der Waals surface area contributed by atoms with Gasteiger partial charge in [-0.15, -0.1) is 0 Å². The van der Waals surface area contributed by atoms with E-state index in [1.165, 1.54) is 13.2 Å². The van der Waals surface area contributed by atoms with Crippen LogP contribution in [0, 0.1) is 26.2 Å². The van der Waals surface area contributed by atoms with E-state index in [4.69, 9.17) is 122 Å². The fourth-order valence-electron chi connectivity index (χ4n) is 17.0. The van der Waals surface area contributed by atoms with Crippen LogP contribution < -0.4 is 25.4 Å². The highest BCUT2D eigenvalue weighted by Crippen LogP contribution is 2.43. The van der Waals surface area contributed by atoms with Crippen LogP contribution >= 0.6 is 0 Å². The lowest BCUT2D eigenvalue weighted by atomic mass is 9.94. The molecular weight excluding hydrogens is 2170 g/mol. The van der Waals surface area contributed by atoms with E-state index in [-0.39, 0.29) is 83.5 Å². The summed E-state index contributed by atoms with van der Waals surface area (Å²) in [4.78, 5) is 83.9. The maximum atomic E-state index is 14.5. The third-order valence-electron chi connectivity index (χ3n) is 23.7. The van der Waals surface area contributed by atoms with E-state index in [2.05, 4.69) is 33.2 Å². The molecule has 0 bridgehead atoms. The van der Waals surface area contributed by atoms with E-state index in [1.807, 2.05) is 0 Å². The van der Waals surface area contributed by atoms with Crippen molar-refractivity contribution in [3.8, 4) is 5.75 Å². The van der Waals surface area contributed by atoms with E-state index in [1.54, 1.807) is 56.9 Å². The van der Waals surface area contributed by atoms with E-state index in [0.717, 1.165) is 76.1 Å². The van der Waals surface area contributed by atoms with Crippen LogP contribution in [0.4, 0.5) is 0 Å². The third kappa shape index (κ3) is 37.9. The number of carbonyl (C=O) groups excluding carboxylic acids is 4. The molecule has 0 spiro atoms. The molecule has 6 saturated heterocycles. The first-order valence-electron chi connectivity index (χ1n) is 45.1. The molecule has 149 heavy (non-hydrogen) atoms. The van der Waals surface area contributed by atoms with Crippen LogP contribution in [0.25, 0.3) is 0 Å². The molecule has 27 atom stereocenters. The minimum Gasteiger partial charge on any atom is -0.496 e. The SMILES string of the molecule is COc1cc(C)c(S(=O)(=O)NC(CC(=O)NCCCC(=O)NCCOCCOCCOCCOC2C(COS(=O)(=O)O)OC(OC3C(C(=O)O)OC(OC4C(COS(=O)(=O)O)OC(OC5C(C(=O)O)OC(OC6C(COS(=O)(=O)O)OC(OC)C(OS(=O)(=O)O)C6OC)C(OC)C5OC)C(OS(=O)(=O)O)C4OS(=O)(=O)O)C(OC)C3OC)C(OC)C2OC)C(=O)NC(Cc2ccc(C(C)=N)cc2)C(=O)N2CCCCC2)c(C)c1C. The number of nitrogens with zero attached hydrogens (tertiary/aromatic N) is 1. The number of piperidine rings is 1. The Morgan fingerprint density at radius 1 is 0.436 bits per heavy atom. The minimum atomic E-state index is -6.22. The predicted octanol–water partition coefficient (Wildman–Crippen LogP) is -4.66. The number of ether oxygens (including phenoxy) is 22. The maximum Gasteiger partial charge on any atom is 0.397 e. The average molecular weight is 2290 g/mol. The highest BCUT2D eigenvalue weighted by molar-refractivity contribution is 7.89. The predicted molar refractivity (Wildman–Crippen MR) is 491 cm³/mol. The number of hydrogen-bond donors (Lipinski definition) is 13. The molecule has 62 nitrogen and oxygen atoms in total. The summed E-state index contributed by atoms with van der Waals surface area (Å²) in [6, 6.07) is 5.48. The van der Waals surface area contributed by atoms with Crippen LogP contribution in [0.15, 0.2) is 35.2 Å². The topological polar surface area (TPSA) is 837 Å². The van der Waals surface area contributed by atoms with Gasteiger partial charge in [0.05, 0.1) is 84.5 Å². The number of aliphatic carboxylic acids is 2. The zero-order valence-electron chi connectivity index (χ0n) is 82.3. The minimum absolute atomic E-state index is 0.00461. The molecule has 854 valence electrons. The third-order valence-corrected chi connectivity index (χ3v) is 28.2. The first-order valence-corrected chi connectivity index (χ1v) is 54.7. The number of carboxylic acid groups (broad SMARTS) is 2. The van der Waals surface area contributed by atoms with E-state index in [9.17, 15) is 125 Å². The Balaban J connectivity index is 0.876. The van der Waals surface area contributed by atoms with Crippen LogP contribution in [0.2, 0.25) is 0 Å². The number of carboxylic acids is 2. The van der Waals surface area contributed by atoms with Crippen LogP contribution in [-0.4, -0.2) is 464 Å². The summed E-state index contributed by atoms with van der Waals surface area (Å²) < 4.78 is 395. The summed E-state index contributed by atoms with van der Waals surface area (Å²) in [5.41, 5.74) is 2.73. The van der Waals surface area contributed by atoms with Gasteiger partial charge in [-0.1, -0.05) is 24.3 Å². The molecule has 4 amide bonds. The number of benzene rings is 2. The van der Waals surface area contributed by atoms with Crippen LogP contribution in [0.1, 0.15) is 73.3 Å². The number of amides is 4. The van der Waals surface area contributed by atoms with Gasteiger partial charge < -0.3 is 141 Å². The van der Waals surface area contributed by atoms with Crippen LogP contribution in [-0.2, 0) is 232 Å². The van der Waals surface area contributed by atoms with Gasteiger partial charge in [0.2, 0.25) is 33.7 Å². The molecule has 2 aromatic rings. The second-order valence-electron chi connectivity index (χ2n) is 33.6.